The van der Waals surface area contributed by atoms with E-state index in [0.717, 1.165) is 23.4 Å². The van der Waals surface area contributed by atoms with E-state index < -0.39 is 5.97 Å². The van der Waals surface area contributed by atoms with Crippen molar-refractivity contribution < 1.29 is 19.4 Å². The van der Waals surface area contributed by atoms with E-state index in [-0.39, 0.29) is 25.2 Å². The molecule has 1 aromatic heterocycles. The molecule has 1 fully saturated rings. The Kier molecular flexibility index (Phi) is 9.50. The molecule has 2 aromatic rings. The Morgan fingerprint density at radius 1 is 1.19 bits per heavy atom. The highest BCUT2D eigenvalue weighted by molar-refractivity contribution is 7.13. The maximum atomic E-state index is 12.5. The van der Waals surface area contributed by atoms with Crippen LogP contribution < -0.4 is 4.90 Å². The number of aliphatic hydroxyl groups excluding tert-OH is 1. The summed E-state index contributed by atoms with van der Waals surface area (Å²) in [5, 5.41) is 8.76. The van der Waals surface area contributed by atoms with Crippen LogP contribution in [0.2, 0.25) is 0 Å². The molecule has 1 aliphatic rings. The highest BCUT2D eigenvalue weighted by Gasteiger charge is 2.30. The summed E-state index contributed by atoms with van der Waals surface area (Å²) in [6, 6.07) is 12.2. The molecular formula is C26H33NO4S. The number of thiophene rings is 1. The molecule has 1 saturated heterocycles. The third kappa shape index (κ3) is 6.78. The number of hydrogen-bond donors (Lipinski definition) is 1. The zero-order valence-corrected chi connectivity index (χ0v) is 19.6. The minimum Gasteiger partial charge on any atom is -0.459 e. The van der Waals surface area contributed by atoms with Crippen molar-refractivity contribution in [2.45, 2.75) is 64.3 Å². The van der Waals surface area contributed by atoms with Crippen LogP contribution in [-0.4, -0.2) is 36.2 Å². The number of carbonyl (C=O) groups excluding carboxylic acids is 2. The first-order chi connectivity index (χ1) is 15.6. The standard InChI is InChI=1S/C26H33NO4S/c1-2-3-4-5-7-20-10-12-22(13-11-20)27-21(14-17-25(27)29)8-6-9-23-15-16-24(32-23)26(30)31-19-18-28/h6,8,10-13,15-16,21,28H,2-5,7,9,14,17-19H2,1H3/t21-/m0/s1. The highest BCUT2D eigenvalue weighted by Crippen LogP contribution is 2.28. The van der Waals surface area contributed by atoms with Gasteiger partial charge in [-0.1, -0.05) is 50.5 Å². The van der Waals surface area contributed by atoms with Gasteiger partial charge in [0.05, 0.1) is 12.6 Å². The van der Waals surface area contributed by atoms with Crippen LogP contribution in [0.1, 0.15) is 65.6 Å². The van der Waals surface area contributed by atoms with Gasteiger partial charge in [0, 0.05) is 17.0 Å². The van der Waals surface area contributed by atoms with Crippen LogP contribution in [0, 0.1) is 0 Å². The largest absolute Gasteiger partial charge is 0.459 e. The van der Waals surface area contributed by atoms with E-state index in [2.05, 4.69) is 43.3 Å². The van der Waals surface area contributed by atoms with Crippen LogP contribution in [0.3, 0.4) is 0 Å². The zero-order valence-electron chi connectivity index (χ0n) is 18.8. The van der Waals surface area contributed by atoms with Crippen molar-refractivity contribution in [1.82, 2.24) is 0 Å². The van der Waals surface area contributed by atoms with E-state index >= 15 is 0 Å². The van der Waals surface area contributed by atoms with Crippen molar-refractivity contribution in [3.63, 3.8) is 0 Å². The second-order valence-electron chi connectivity index (χ2n) is 8.10. The number of aryl methyl sites for hydroxylation is 1. The number of amides is 1. The third-order valence-electron chi connectivity index (χ3n) is 5.65. The Bertz CT molecular complexity index is 903. The number of rotatable bonds is 12. The van der Waals surface area contributed by atoms with E-state index in [9.17, 15) is 9.59 Å². The average molecular weight is 456 g/mol. The molecule has 2 heterocycles. The second-order valence-corrected chi connectivity index (χ2v) is 9.27. The van der Waals surface area contributed by atoms with Gasteiger partial charge in [0.25, 0.3) is 0 Å². The molecule has 6 heteroatoms. The molecule has 0 spiro atoms. The zero-order chi connectivity index (χ0) is 22.8. The minimum absolute atomic E-state index is 0.0113. The third-order valence-corrected chi connectivity index (χ3v) is 6.74. The Balaban J connectivity index is 1.56. The first kappa shape index (κ1) is 24.2. The van der Waals surface area contributed by atoms with Gasteiger partial charge in [0.15, 0.2) is 0 Å². The van der Waals surface area contributed by atoms with E-state index in [1.165, 1.54) is 42.6 Å². The summed E-state index contributed by atoms with van der Waals surface area (Å²) in [6.07, 6.45) is 12.4. The lowest BCUT2D eigenvalue weighted by atomic mass is 10.1. The molecule has 32 heavy (non-hydrogen) atoms. The maximum absolute atomic E-state index is 12.5. The fourth-order valence-electron chi connectivity index (χ4n) is 3.95. The number of anilines is 1. The van der Waals surface area contributed by atoms with Gasteiger partial charge in [-0.05, 0) is 55.5 Å². The summed E-state index contributed by atoms with van der Waals surface area (Å²) in [4.78, 5) is 27.9. The van der Waals surface area contributed by atoms with Gasteiger partial charge < -0.3 is 14.7 Å². The lowest BCUT2D eigenvalue weighted by molar-refractivity contribution is -0.117. The fraction of sp³-hybridized carbons (Fsp3) is 0.462. The first-order valence-corrected chi connectivity index (χ1v) is 12.4. The predicted octanol–water partition coefficient (Wildman–Crippen LogP) is 5.31. The molecule has 1 aromatic carbocycles. The summed E-state index contributed by atoms with van der Waals surface area (Å²) in [6.45, 7) is 2.06. The molecule has 0 radical (unpaired) electrons. The van der Waals surface area contributed by atoms with E-state index in [4.69, 9.17) is 9.84 Å². The first-order valence-electron chi connectivity index (χ1n) is 11.6. The number of ether oxygens (including phenoxy) is 1. The molecular weight excluding hydrogens is 422 g/mol. The van der Waals surface area contributed by atoms with Gasteiger partial charge in [-0.15, -0.1) is 11.3 Å². The van der Waals surface area contributed by atoms with Crippen LogP contribution in [0.25, 0.3) is 0 Å². The molecule has 0 aliphatic carbocycles. The number of unbranched alkanes of at least 4 members (excludes halogenated alkanes) is 3. The van der Waals surface area contributed by atoms with Crippen LogP contribution in [0.15, 0.2) is 48.6 Å². The van der Waals surface area contributed by atoms with Crippen LogP contribution >= 0.6 is 11.3 Å². The predicted molar refractivity (Wildman–Crippen MR) is 129 cm³/mol. The topological polar surface area (TPSA) is 66.8 Å². The number of carbonyl (C=O) groups is 2. The average Bonchev–Trinajstić information content (AvgIpc) is 3.42. The summed E-state index contributed by atoms with van der Waals surface area (Å²) in [7, 11) is 0. The molecule has 0 bridgehead atoms. The van der Waals surface area contributed by atoms with E-state index in [1.807, 2.05) is 11.0 Å². The Labute approximate surface area is 194 Å². The quantitative estimate of drug-likeness (QED) is 0.267. The molecule has 1 amide bonds. The molecule has 1 N–H and O–H groups in total. The minimum atomic E-state index is -0.402. The van der Waals surface area contributed by atoms with Gasteiger partial charge in [-0.3, -0.25) is 4.79 Å². The van der Waals surface area contributed by atoms with Gasteiger partial charge in [-0.25, -0.2) is 4.79 Å². The van der Waals surface area contributed by atoms with Gasteiger partial charge in [-0.2, -0.15) is 0 Å². The van der Waals surface area contributed by atoms with Gasteiger partial charge in [0.2, 0.25) is 5.91 Å². The Morgan fingerprint density at radius 2 is 2.00 bits per heavy atom. The van der Waals surface area contributed by atoms with Crippen molar-refractivity contribution in [3.8, 4) is 0 Å². The lowest BCUT2D eigenvalue weighted by Crippen LogP contribution is -2.31. The van der Waals surface area contributed by atoms with Crippen LogP contribution in [0.5, 0.6) is 0 Å². The van der Waals surface area contributed by atoms with Crippen molar-refractivity contribution in [2.75, 3.05) is 18.1 Å². The number of nitrogens with zero attached hydrogens (tertiary/aromatic N) is 1. The van der Waals surface area contributed by atoms with Crippen molar-refractivity contribution >= 4 is 28.9 Å². The molecule has 0 unspecified atom stereocenters. The normalized spacial score (nSPS) is 16.2. The maximum Gasteiger partial charge on any atom is 0.348 e. The van der Waals surface area contributed by atoms with E-state index in [1.54, 1.807) is 6.07 Å². The Morgan fingerprint density at radius 3 is 2.75 bits per heavy atom. The number of allylic oxidation sites excluding steroid dienone is 1. The second kappa shape index (κ2) is 12.6. The molecule has 1 atom stereocenters. The lowest BCUT2D eigenvalue weighted by Gasteiger charge is -2.23. The molecule has 3 rings (SSSR count). The number of aliphatic hydroxyl groups is 1. The van der Waals surface area contributed by atoms with Gasteiger partial charge >= 0.3 is 5.97 Å². The monoisotopic (exact) mass is 455 g/mol. The Hall–Kier alpha value is -2.44. The summed E-state index contributed by atoms with van der Waals surface area (Å²) in [5.74, 6) is -0.235. The van der Waals surface area contributed by atoms with Crippen molar-refractivity contribution in [1.29, 1.82) is 0 Å². The van der Waals surface area contributed by atoms with Crippen LogP contribution in [-0.2, 0) is 22.4 Å². The van der Waals surface area contributed by atoms with Gasteiger partial charge in [0.1, 0.15) is 11.5 Å². The molecule has 5 nitrogen and oxygen atoms in total. The fourth-order valence-corrected chi connectivity index (χ4v) is 4.83. The highest BCUT2D eigenvalue weighted by atomic mass is 32.1. The van der Waals surface area contributed by atoms with Crippen molar-refractivity contribution in [3.05, 3.63) is 63.9 Å². The molecule has 0 saturated carbocycles. The van der Waals surface area contributed by atoms with E-state index in [0.29, 0.717) is 17.7 Å². The summed E-state index contributed by atoms with van der Waals surface area (Å²) >= 11 is 1.39. The molecule has 1 aliphatic heterocycles. The molecule has 172 valence electrons. The number of esters is 1. The number of hydrogen-bond acceptors (Lipinski definition) is 5. The summed E-state index contributed by atoms with van der Waals surface area (Å²) in [5.41, 5.74) is 2.29. The van der Waals surface area contributed by atoms with Crippen molar-refractivity contribution in [2.24, 2.45) is 0 Å². The smallest absolute Gasteiger partial charge is 0.348 e. The summed E-state index contributed by atoms with van der Waals surface area (Å²) < 4.78 is 4.95. The van der Waals surface area contributed by atoms with Crippen LogP contribution in [0.4, 0.5) is 5.69 Å². The number of benzene rings is 1. The SMILES string of the molecule is CCCCCCc1ccc(N2C(=O)CC[C@@H]2C=CCc2ccc(C(=O)OCCO)s2)cc1.